The van der Waals surface area contributed by atoms with E-state index in [4.69, 9.17) is 0 Å². The van der Waals surface area contributed by atoms with Gasteiger partial charge in [0.1, 0.15) is 11.4 Å². The van der Waals surface area contributed by atoms with Crippen LogP contribution in [0.5, 0.6) is 5.75 Å². The van der Waals surface area contributed by atoms with Crippen LogP contribution in [-0.2, 0) is 19.5 Å². The van der Waals surface area contributed by atoms with Crippen LogP contribution in [0.3, 0.4) is 0 Å². The summed E-state index contributed by atoms with van der Waals surface area (Å²) in [5.74, 6) is -0.172. The van der Waals surface area contributed by atoms with E-state index in [1.165, 1.54) is 22.8 Å². The normalized spacial score (nSPS) is 17.6. The fraction of sp³-hybridized carbons (Fsp3) is 0.500. The molecule has 2 aromatic carbocycles. The number of nitrogens with zero attached hydrogens (tertiary/aromatic N) is 4. The maximum Gasteiger partial charge on any atom is 0.256 e. The number of carbonyl (C=O) groups is 1. The molecule has 0 radical (unpaired) electrons. The number of aryl methyl sites for hydroxylation is 1. The molecule has 4 rings (SSSR count). The third-order valence-electron chi connectivity index (χ3n) is 6.89. The summed E-state index contributed by atoms with van der Waals surface area (Å²) < 4.78 is 0. The zero-order valence-corrected chi connectivity index (χ0v) is 19.9. The summed E-state index contributed by atoms with van der Waals surface area (Å²) in [6.07, 6.45) is 1.80. The number of likely N-dealkylation sites (N-methyl/N-ethyl adjacent to an activating group) is 1. The third-order valence-corrected chi connectivity index (χ3v) is 6.89. The van der Waals surface area contributed by atoms with Crippen molar-refractivity contribution >= 4 is 11.6 Å². The number of piperazine rings is 1. The summed E-state index contributed by atoms with van der Waals surface area (Å²) in [4.78, 5) is 31.6. The topological polar surface area (TPSA) is 76.5 Å². The van der Waals surface area contributed by atoms with Gasteiger partial charge in [-0.25, -0.2) is 0 Å². The Balaban J connectivity index is 1.56. The number of carbonyl (C=O) groups excluding carboxylic acids is 1. The van der Waals surface area contributed by atoms with Crippen molar-refractivity contribution in [3.05, 3.63) is 63.1 Å². The van der Waals surface area contributed by atoms with Gasteiger partial charge in [-0.15, -0.1) is 4.91 Å². The largest absolute Gasteiger partial charge is 0.508 e. The number of phenolic OH excluding ortho intramolecular Hbond substituents is 1. The predicted octanol–water partition coefficient (Wildman–Crippen LogP) is 4.25. The van der Waals surface area contributed by atoms with Crippen LogP contribution in [0, 0.1) is 4.91 Å². The van der Waals surface area contributed by atoms with Crippen LogP contribution in [0.15, 0.2) is 35.5 Å². The standard InChI is InChI=1S/C26H34N4O3/c1-18(2)22-14-23(24(27-33)15-25(22)31)26(32)30-8-4-5-20-7-6-19(13-21(20)17-30)16-29-11-9-28(3)10-12-29/h6-7,13-15,18,31H,4-5,8-12,16-17H2,1-3H3. The van der Waals surface area contributed by atoms with Crippen LogP contribution in [0.1, 0.15) is 58.8 Å². The lowest BCUT2D eigenvalue weighted by molar-refractivity contribution is 0.0746. The number of aromatic hydroxyl groups is 1. The van der Waals surface area contributed by atoms with Crippen molar-refractivity contribution in [1.29, 1.82) is 0 Å². The zero-order chi connectivity index (χ0) is 23.5. The highest BCUT2D eigenvalue weighted by molar-refractivity contribution is 5.99. The van der Waals surface area contributed by atoms with E-state index in [2.05, 4.69) is 40.2 Å². The van der Waals surface area contributed by atoms with Crippen molar-refractivity contribution in [3.63, 3.8) is 0 Å². The van der Waals surface area contributed by atoms with Gasteiger partial charge in [0.15, 0.2) is 0 Å². The van der Waals surface area contributed by atoms with Crippen molar-refractivity contribution in [2.75, 3.05) is 39.8 Å². The van der Waals surface area contributed by atoms with Crippen LogP contribution >= 0.6 is 0 Å². The molecule has 2 aliphatic rings. The average Bonchev–Trinajstić information content (AvgIpc) is 3.01. The number of benzene rings is 2. The number of hydrogen-bond acceptors (Lipinski definition) is 6. The molecule has 0 aromatic heterocycles. The van der Waals surface area contributed by atoms with Gasteiger partial charge >= 0.3 is 0 Å². The minimum absolute atomic E-state index is 0.00446. The van der Waals surface area contributed by atoms with Crippen LogP contribution in [0.4, 0.5) is 5.69 Å². The molecule has 0 bridgehead atoms. The van der Waals surface area contributed by atoms with Crippen molar-refractivity contribution in [2.45, 2.75) is 45.7 Å². The number of amides is 1. The van der Waals surface area contributed by atoms with E-state index in [0.29, 0.717) is 18.7 Å². The lowest BCUT2D eigenvalue weighted by atomic mass is 9.97. The van der Waals surface area contributed by atoms with E-state index >= 15 is 0 Å². The first-order chi connectivity index (χ1) is 15.9. The first-order valence-corrected chi connectivity index (χ1v) is 11.9. The summed E-state index contributed by atoms with van der Waals surface area (Å²) in [7, 11) is 2.16. The first-order valence-electron chi connectivity index (χ1n) is 11.9. The van der Waals surface area contributed by atoms with E-state index < -0.39 is 0 Å². The van der Waals surface area contributed by atoms with E-state index in [1.54, 1.807) is 6.07 Å². The Labute approximate surface area is 196 Å². The van der Waals surface area contributed by atoms with Crippen molar-refractivity contribution in [3.8, 4) is 5.75 Å². The molecule has 1 amide bonds. The number of rotatable bonds is 5. The molecular formula is C26H34N4O3. The minimum atomic E-state index is -0.205. The maximum absolute atomic E-state index is 13.5. The van der Waals surface area contributed by atoms with Gasteiger partial charge in [-0.05, 0) is 59.3 Å². The van der Waals surface area contributed by atoms with Crippen molar-refractivity contribution < 1.29 is 9.90 Å². The van der Waals surface area contributed by atoms with Crippen molar-refractivity contribution in [1.82, 2.24) is 14.7 Å². The molecule has 1 saturated heterocycles. The monoisotopic (exact) mass is 450 g/mol. The van der Waals surface area contributed by atoms with Crippen LogP contribution in [-0.4, -0.2) is 65.5 Å². The van der Waals surface area contributed by atoms with Gasteiger partial charge in [-0.3, -0.25) is 9.69 Å². The fourth-order valence-corrected chi connectivity index (χ4v) is 4.82. The highest BCUT2D eigenvalue weighted by atomic mass is 16.3. The Bertz CT molecular complexity index is 1030. The Morgan fingerprint density at radius 2 is 1.82 bits per heavy atom. The molecule has 0 spiro atoms. The van der Waals surface area contributed by atoms with Crippen molar-refractivity contribution in [2.24, 2.45) is 5.18 Å². The smallest absolute Gasteiger partial charge is 0.256 e. The van der Waals surface area contributed by atoms with Gasteiger partial charge in [0.05, 0.1) is 5.56 Å². The van der Waals surface area contributed by atoms with E-state index in [1.807, 2.05) is 18.7 Å². The van der Waals surface area contributed by atoms with Crippen LogP contribution in [0.25, 0.3) is 0 Å². The molecule has 2 heterocycles. The quantitative estimate of drug-likeness (QED) is 0.689. The zero-order valence-electron chi connectivity index (χ0n) is 19.9. The number of hydrogen-bond donors (Lipinski definition) is 1. The molecule has 1 N–H and O–H groups in total. The molecule has 0 saturated carbocycles. The maximum atomic E-state index is 13.5. The Morgan fingerprint density at radius 3 is 2.52 bits per heavy atom. The average molecular weight is 451 g/mol. The number of fused-ring (bicyclic) bond motifs is 1. The Kier molecular flexibility index (Phi) is 7.10. The SMILES string of the molecule is CC(C)c1cc(C(=O)N2CCCc3ccc(CN4CCN(C)CC4)cc3C2)c(N=O)cc1O. The summed E-state index contributed by atoms with van der Waals surface area (Å²) >= 11 is 0. The first kappa shape index (κ1) is 23.4. The molecule has 2 aromatic rings. The summed E-state index contributed by atoms with van der Waals surface area (Å²) in [5.41, 5.74) is 4.65. The second-order valence-corrected chi connectivity index (χ2v) is 9.69. The number of nitroso groups, excluding NO2 is 1. The van der Waals surface area contributed by atoms with E-state index in [-0.39, 0.29) is 28.8 Å². The van der Waals surface area contributed by atoms with Gasteiger partial charge < -0.3 is 14.9 Å². The van der Waals surface area contributed by atoms with Gasteiger partial charge in [0.2, 0.25) is 0 Å². The molecule has 0 unspecified atom stereocenters. The Morgan fingerprint density at radius 1 is 1.06 bits per heavy atom. The molecular weight excluding hydrogens is 416 g/mol. The Hall–Kier alpha value is -2.77. The van der Waals surface area contributed by atoms with E-state index in [9.17, 15) is 14.8 Å². The molecule has 176 valence electrons. The number of phenols is 1. The van der Waals surface area contributed by atoms with Crippen LogP contribution in [0.2, 0.25) is 0 Å². The lowest BCUT2D eigenvalue weighted by Gasteiger charge is -2.32. The fourth-order valence-electron chi connectivity index (χ4n) is 4.82. The second-order valence-electron chi connectivity index (χ2n) is 9.69. The highest BCUT2D eigenvalue weighted by Gasteiger charge is 2.25. The minimum Gasteiger partial charge on any atom is -0.508 e. The lowest BCUT2D eigenvalue weighted by Crippen LogP contribution is -2.43. The molecule has 2 aliphatic heterocycles. The summed E-state index contributed by atoms with van der Waals surface area (Å²) in [5, 5.41) is 13.3. The van der Waals surface area contributed by atoms with Gasteiger partial charge in [0, 0.05) is 51.9 Å². The van der Waals surface area contributed by atoms with Gasteiger partial charge in [0.25, 0.3) is 5.91 Å². The second kappa shape index (κ2) is 10.0. The molecule has 0 aliphatic carbocycles. The molecule has 33 heavy (non-hydrogen) atoms. The van der Waals surface area contributed by atoms with Gasteiger partial charge in [-0.1, -0.05) is 32.0 Å². The third kappa shape index (κ3) is 5.25. The molecule has 7 heteroatoms. The van der Waals surface area contributed by atoms with E-state index in [0.717, 1.165) is 45.6 Å². The molecule has 0 atom stereocenters. The predicted molar refractivity (Wildman–Crippen MR) is 130 cm³/mol. The van der Waals surface area contributed by atoms with Crippen LogP contribution < -0.4 is 0 Å². The van der Waals surface area contributed by atoms with Gasteiger partial charge in [-0.2, -0.15) is 0 Å². The summed E-state index contributed by atoms with van der Waals surface area (Å²) in [6.45, 7) is 10.3. The molecule has 1 fully saturated rings. The summed E-state index contributed by atoms with van der Waals surface area (Å²) in [6, 6.07) is 9.63. The molecule has 7 nitrogen and oxygen atoms in total. The highest BCUT2D eigenvalue weighted by Crippen LogP contribution is 2.34.